The molecule has 0 radical (unpaired) electrons. The van der Waals surface area contributed by atoms with Gasteiger partial charge in [-0.15, -0.1) is 11.0 Å². The van der Waals surface area contributed by atoms with E-state index in [-0.39, 0.29) is 21.1 Å². The van der Waals surface area contributed by atoms with E-state index in [4.69, 9.17) is 4.98 Å². The second-order valence-electron chi connectivity index (χ2n) is 11.2. The van der Waals surface area contributed by atoms with Crippen molar-refractivity contribution >= 4 is 64.4 Å². The Kier molecular flexibility index (Phi) is 9.75. The number of hydrogen-bond acceptors (Lipinski definition) is 0. The molecule has 9 aromatic rings. The summed E-state index contributed by atoms with van der Waals surface area (Å²) in [5.74, 6) is 0. The first kappa shape index (κ1) is 32.0. The molecule has 0 N–H and O–H groups in total. The maximum atomic E-state index is 4.92. The molecule has 0 unspecified atom stereocenters. The topological polar surface area (TPSA) is 22.9 Å². The molecule has 0 aliphatic carbocycles. The van der Waals surface area contributed by atoms with Crippen LogP contribution in [-0.4, -0.2) is 26.3 Å². The molecule has 0 fully saturated rings. The molecule has 0 saturated carbocycles. The monoisotopic (exact) mass is 992 g/mol. The third-order valence-corrected chi connectivity index (χ3v) is 17.7. The van der Waals surface area contributed by atoms with E-state index >= 15 is 0 Å². The van der Waals surface area contributed by atoms with Crippen molar-refractivity contribution in [2.75, 3.05) is 0 Å². The number of benzene rings is 7. The molecule has 3 nitrogen and oxygen atoms in total. The number of hydrogen-bond donors (Lipinski definition) is 0. The molecule has 0 aliphatic rings. The van der Waals surface area contributed by atoms with Gasteiger partial charge in [0.1, 0.15) is 0 Å². The van der Waals surface area contributed by atoms with Crippen LogP contribution in [0.2, 0.25) is 0 Å². The van der Waals surface area contributed by atoms with Gasteiger partial charge in [0.15, 0.2) is 0 Å². The molecule has 2 heterocycles. The summed E-state index contributed by atoms with van der Waals surface area (Å²) in [5, 5.41) is 2.34. The molecule has 48 heavy (non-hydrogen) atoms. The summed E-state index contributed by atoms with van der Waals surface area (Å²) in [7, 11) is 0. The predicted molar refractivity (Wildman–Crippen MR) is 195 cm³/mol. The van der Waals surface area contributed by atoms with Gasteiger partial charge in [0, 0.05) is 21.1 Å². The zero-order chi connectivity index (χ0) is 31.4. The summed E-state index contributed by atoms with van der Waals surface area (Å²) >= 11 is -2.06. The van der Waals surface area contributed by atoms with E-state index < -0.39 is 21.8 Å². The van der Waals surface area contributed by atoms with Crippen LogP contribution in [-0.2, 0) is 21.1 Å². The second kappa shape index (κ2) is 14.7. The van der Waals surface area contributed by atoms with Crippen molar-refractivity contribution < 1.29 is 25.6 Å². The van der Waals surface area contributed by atoms with Crippen molar-refractivity contribution in [3.8, 4) is 11.4 Å². The molecular weight excluding hydrogens is 963 g/mol. The van der Waals surface area contributed by atoms with Crippen molar-refractivity contribution in [1.82, 2.24) is 9.55 Å². The zero-order valence-electron chi connectivity index (χ0n) is 25.9. The van der Waals surface area contributed by atoms with Crippen LogP contribution in [0.5, 0.6) is 0 Å². The fourth-order valence-corrected chi connectivity index (χ4v) is 15.0. The van der Waals surface area contributed by atoms with Crippen LogP contribution in [0.1, 0.15) is 0 Å². The van der Waals surface area contributed by atoms with Crippen LogP contribution in [0.25, 0.3) is 44.2 Å². The van der Waals surface area contributed by atoms with Crippen molar-refractivity contribution in [1.29, 1.82) is 0 Å². The Morgan fingerprint density at radius 1 is 0.521 bits per heavy atom. The number of fused-ring (bicyclic) bond motifs is 4. The molecule has 9 rings (SSSR count). The van der Waals surface area contributed by atoms with E-state index in [1.807, 2.05) is 30.3 Å². The van der Waals surface area contributed by atoms with Gasteiger partial charge in [0.05, 0.1) is 16.7 Å². The first-order chi connectivity index (χ1) is 23.3. The summed E-state index contributed by atoms with van der Waals surface area (Å²) in [6, 6.07) is 67.2. The Morgan fingerprint density at radius 2 is 1.08 bits per heavy atom. The van der Waals surface area contributed by atoms with E-state index in [0.29, 0.717) is 0 Å². The summed E-state index contributed by atoms with van der Waals surface area (Å²) in [6.45, 7) is 0. The fourth-order valence-electron chi connectivity index (χ4n) is 6.08. The summed E-state index contributed by atoms with van der Waals surface area (Å²) < 4.78 is 8.76. The van der Waals surface area contributed by atoms with E-state index in [2.05, 4.69) is 173 Å². The second-order valence-corrected chi connectivity index (χ2v) is 19.8. The minimum absolute atomic E-state index is 0. The summed E-state index contributed by atoms with van der Waals surface area (Å²) in [6.07, 6.45) is 3.52. The first-order valence-electron chi connectivity index (χ1n) is 15.7. The van der Waals surface area contributed by atoms with Crippen LogP contribution in [0.3, 0.4) is 0 Å². The molecule has 0 bridgehead atoms. The summed E-state index contributed by atoms with van der Waals surface area (Å²) in [4.78, 5) is 4.92. The molecular formula is C43H30BiN3Pt-2. The van der Waals surface area contributed by atoms with Crippen molar-refractivity contribution in [3.05, 3.63) is 194 Å². The van der Waals surface area contributed by atoms with Gasteiger partial charge in [-0.25, -0.2) is 0 Å². The van der Waals surface area contributed by atoms with Crippen LogP contribution < -0.4 is 19.4 Å². The van der Waals surface area contributed by atoms with Gasteiger partial charge >= 0.3 is 123 Å². The standard InChI is InChI=1S/C25H15N3.3C6H5.Bi.Pt/c1-2-9-18(10-3-1)27-17-28(23-15-7-6-14-22(23)27)24-16-8-12-20-19-11-4-5-13-21(19)26-25(20)24;3*1-2-4-6-5-3-1;;/h1-9,11-16H;3*1-5H;;/q-2;;;;;. The fraction of sp³-hybridized carbons (Fsp3) is 0. The molecule has 234 valence electrons. The number of aromatic nitrogens is 3. The third kappa shape index (κ3) is 6.31. The first-order valence-corrected chi connectivity index (χ1v) is 20.9. The van der Waals surface area contributed by atoms with Crippen molar-refractivity contribution in [3.63, 3.8) is 0 Å². The minimum atomic E-state index is -2.06. The number of rotatable bonds is 5. The average molecular weight is 993 g/mol. The van der Waals surface area contributed by atoms with Gasteiger partial charge in [0.25, 0.3) is 6.33 Å². The Balaban J connectivity index is 0.000000160. The van der Waals surface area contributed by atoms with Crippen molar-refractivity contribution in [2.24, 2.45) is 0 Å². The van der Waals surface area contributed by atoms with E-state index in [0.717, 1.165) is 38.8 Å². The van der Waals surface area contributed by atoms with Crippen molar-refractivity contribution in [2.45, 2.75) is 0 Å². The SMILES string of the molecule is [Pt].[c-]1ccccc1-n1[c-][n+](-c2cccc3c2[n-]c2ccccc23)c2ccccc21.c1cc[c]([Bi]([c]2ccccc2)[c]2ccccc2)cc1. The molecule has 0 saturated heterocycles. The summed E-state index contributed by atoms with van der Waals surface area (Å²) in [5.41, 5.74) is 6.16. The Morgan fingerprint density at radius 3 is 1.73 bits per heavy atom. The van der Waals surface area contributed by atoms with Gasteiger partial charge in [0.2, 0.25) is 0 Å². The third-order valence-electron chi connectivity index (χ3n) is 8.22. The predicted octanol–water partition coefficient (Wildman–Crippen LogP) is 6.97. The molecule has 5 heteroatoms. The molecule has 0 atom stereocenters. The van der Waals surface area contributed by atoms with Gasteiger partial charge in [-0.2, -0.15) is 30.3 Å². The van der Waals surface area contributed by atoms with Gasteiger partial charge in [-0.3, -0.25) is 4.57 Å². The number of nitrogens with zero attached hydrogens (tertiary/aromatic N) is 3. The molecule has 7 aromatic carbocycles. The van der Waals surface area contributed by atoms with E-state index in [9.17, 15) is 0 Å². The Labute approximate surface area is 303 Å². The maximum absolute atomic E-state index is 4.92. The van der Waals surface area contributed by atoms with E-state index in [1.165, 1.54) is 15.2 Å². The van der Waals surface area contributed by atoms with Gasteiger partial charge < -0.3 is 9.55 Å². The molecule has 0 spiro atoms. The van der Waals surface area contributed by atoms with Crippen LogP contribution in [0.15, 0.2) is 182 Å². The Bertz CT molecular complexity index is 2310. The normalized spacial score (nSPS) is 10.9. The van der Waals surface area contributed by atoms with E-state index in [1.54, 1.807) is 0 Å². The quantitative estimate of drug-likeness (QED) is 0.104. The number of para-hydroxylation sites is 5. The number of imidazole rings is 1. The van der Waals surface area contributed by atoms with Crippen LogP contribution >= 0.6 is 0 Å². The average Bonchev–Trinajstić information content (AvgIpc) is 3.73. The van der Waals surface area contributed by atoms with Crippen LogP contribution in [0, 0.1) is 12.4 Å². The molecule has 2 aromatic heterocycles. The van der Waals surface area contributed by atoms with Crippen LogP contribution in [0.4, 0.5) is 0 Å². The van der Waals surface area contributed by atoms with Gasteiger partial charge in [-0.05, 0) is 16.5 Å². The Hall–Kier alpha value is -4.62. The molecule has 0 amide bonds. The zero-order valence-corrected chi connectivity index (χ0v) is 31.7. The molecule has 0 aliphatic heterocycles. The van der Waals surface area contributed by atoms with Gasteiger partial charge in [-0.1, -0.05) is 66.7 Å².